The van der Waals surface area contributed by atoms with E-state index in [9.17, 15) is 0 Å². The van der Waals surface area contributed by atoms with E-state index in [1.165, 1.54) is 0 Å². The molecular weight excluding hydrogens is 1200 g/mol. The van der Waals surface area contributed by atoms with E-state index < -0.39 is 0 Å². The van der Waals surface area contributed by atoms with Gasteiger partial charge in [-0.25, -0.2) is 19.9 Å². The largest absolute Gasteiger partial charge is 0.354 e. The summed E-state index contributed by atoms with van der Waals surface area (Å²) in [5.74, 6) is 0. The lowest BCUT2D eigenvalue weighted by molar-refractivity contribution is 1.23. The van der Waals surface area contributed by atoms with Crippen LogP contribution in [-0.4, -0.2) is 39.9 Å². The Morgan fingerprint density at radius 1 is 0.163 bits per heavy atom. The van der Waals surface area contributed by atoms with Gasteiger partial charge < -0.3 is 19.9 Å². The maximum atomic E-state index is 5.53. The Kier molecular flexibility index (Phi) is 14.3. The number of aromatic amines is 4. The topological polar surface area (TPSA) is 139 Å². The smallest absolute Gasteiger partial charge is 0.0857 e. The van der Waals surface area contributed by atoms with Crippen LogP contribution in [0.25, 0.3) is 182 Å². The van der Waals surface area contributed by atoms with E-state index in [1.807, 2.05) is 60.7 Å². The summed E-state index contributed by atoms with van der Waals surface area (Å²) in [4.78, 5) is 37.5. The second kappa shape index (κ2) is 24.5. The highest BCUT2D eigenvalue weighted by molar-refractivity contribution is 6.03. The predicted octanol–water partition coefficient (Wildman–Crippen LogP) is 23.4. The van der Waals surface area contributed by atoms with Gasteiger partial charge in [-0.15, -0.1) is 0 Å². The normalized spacial score (nSPS) is 12.3. The Bertz CT molecular complexity index is 5530. The molecule has 0 unspecified atom stereocenters. The van der Waals surface area contributed by atoms with Crippen LogP contribution in [0.15, 0.2) is 289 Å². The highest BCUT2D eigenvalue weighted by Crippen LogP contribution is 2.42. The van der Waals surface area contributed by atoms with E-state index in [0.717, 1.165) is 179 Å². The zero-order valence-corrected chi connectivity index (χ0v) is 52.9. The Morgan fingerprint density at radius 3 is 0.480 bits per heavy atom. The number of hydrogen-bond donors (Lipinski definition) is 4. The maximum absolute atomic E-state index is 5.53. The lowest BCUT2D eigenvalue weighted by Gasteiger charge is -2.07. The molecule has 10 heterocycles. The van der Waals surface area contributed by atoms with Gasteiger partial charge >= 0.3 is 0 Å². The van der Waals surface area contributed by atoms with Gasteiger partial charge in [0.15, 0.2) is 0 Å². The first kappa shape index (κ1) is 57.2. The number of nitrogens with one attached hydrogen (secondary N) is 4. The summed E-state index contributed by atoms with van der Waals surface area (Å²) in [7, 11) is 0. The fourth-order valence-electron chi connectivity index (χ4n) is 14.0. The lowest BCUT2D eigenvalue weighted by atomic mass is 10.0. The van der Waals surface area contributed by atoms with Crippen molar-refractivity contribution in [3.8, 4) is 89.0 Å². The minimum atomic E-state index is 0.701. The van der Waals surface area contributed by atoms with Crippen molar-refractivity contribution in [1.82, 2.24) is 39.9 Å². The molecule has 0 amide bonds. The lowest BCUT2D eigenvalue weighted by Crippen LogP contribution is -1.89. The van der Waals surface area contributed by atoms with E-state index in [4.69, 9.17) is 30.2 Å². The van der Waals surface area contributed by atoms with E-state index >= 15 is 0 Å². The molecule has 4 aliphatic rings. The second-order valence-electron chi connectivity index (χ2n) is 24.5. The standard InChI is InChI=1S/C88H58N10/c1-7-19-55(20-8-1)81-65-39-43-69(89-65)83(57-23-11-3-12-24-57)73-47-51-77(93-73)87(78-52-48-74(94-78)84(58-25-13-4-14-26-58)70-44-40-66(81)90-70)61-31-35-63(36-32-61)97-98-64-37-33-62(34-38-64)88-79-53-49-75(95-79)85(59-27-15-5-16-28-59)71-45-41-67(91-71)82(56-21-9-2-10-22-56)68-42-46-72(92-68)86(60-29-17-6-18-30-60)76-50-54-80(88)96-76/h1-54,89,91,94,96H. The molecule has 0 aliphatic carbocycles. The van der Waals surface area contributed by atoms with Crippen molar-refractivity contribution in [3.05, 3.63) is 325 Å². The average molecular weight is 1260 g/mol. The van der Waals surface area contributed by atoms with E-state index in [0.29, 0.717) is 11.4 Å². The van der Waals surface area contributed by atoms with Crippen LogP contribution < -0.4 is 0 Å². The molecule has 0 radical (unpaired) electrons. The van der Waals surface area contributed by atoms with Crippen LogP contribution in [0.2, 0.25) is 0 Å². The molecule has 0 atom stereocenters. The van der Waals surface area contributed by atoms with Crippen molar-refractivity contribution in [2.24, 2.45) is 10.2 Å². The van der Waals surface area contributed by atoms with Crippen LogP contribution in [-0.2, 0) is 0 Å². The van der Waals surface area contributed by atoms with E-state index in [-0.39, 0.29) is 0 Å². The van der Waals surface area contributed by atoms with Gasteiger partial charge in [0.25, 0.3) is 0 Å². The first-order valence-corrected chi connectivity index (χ1v) is 32.8. The summed E-state index contributed by atoms with van der Waals surface area (Å²) in [5, 5.41) is 9.69. The Balaban J connectivity index is 0.757. The molecule has 10 nitrogen and oxygen atoms in total. The van der Waals surface area contributed by atoms with E-state index in [1.54, 1.807) is 0 Å². The summed E-state index contributed by atoms with van der Waals surface area (Å²) < 4.78 is 0. The first-order valence-electron chi connectivity index (χ1n) is 32.8. The van der Waals surface area contributed by atoms with Gasteiger partial charge in [-0.05, 0) is 166 Å². The van der Waals surface area contributed by atoms with Gasteiger partial charge in [0.2, 0.25) is 0 Å². The SMILES string of the molecule is C1=Cc2nc1c(-c1ccccc1)c1ccc([nH]1)c(-c1ccccc1)c1nc(c(-c3ccc(N=Nc4ccc(-c5c6nc(c(-c7ccccc7)c7ccc([nH]7)c(-c7ccccc7)c7nc(c(-c8ccccc8)c8ccc5[nH]8)C=C7)C=C6)cc4)cc3)c3ccc([nH]3)c2-c2ccccc2)C=C1. The predicted molar refractivity (Wildman–Crippen MR) is 405 cm³/mol. The molecule has 4 aliphatic heterocycles. The molecular formula is C88H58N10. The van der Waals surface area contributed by atoms with Crippen LogP contribution in [0.3, 0.4) is 0 Å². The van der Waals surface area contributed by atoms with Crippen LogP contribution in [0.4, 0.5) is 11.4 Å². The third kappa shape index (κ3) is 10.6. The maximum Gasteiger partial charge on any atom is 0.0857 e. The van der Waals surface area contributed by atoms with Crippen molar-refractivity contribution in [2.45, 2.75) is 0 Å². The highest BCUT2D eigenvalue weighted by atomic mass is 15.1. The van der Waals surface area contributed by atoms with Crippen molar-refractivity contribution >= 4 is 104 Å². The number of aromatic nitrogens is 8. The van der Waals surface area contributed by atoms with Gasteiger partial charge in [0, 0.05) is 88.6 Å². The average Bonchev–Trinajstić information content (AvgIpc) is 1.62. The zero-order valence-electron chi connectivity index (χ0n) is 52.9. The molecule has 8 aromatic carbocycles. The van der Waals surface area contributed by atoms with Crippen LogP contribution in [0.5, 0.6) is 0 Å². The molecule has 0 fully saturated rings. The summed E-state index contributed by atoms with van der Waals surface area (Å²) in [6.45, 7) is 0. The van der Waals surface area contributed by atoms with Gasteiger partial charge in [-0.2, -0.15) is 10.2 Å². The quantitative estimate of drug-likeness (QED) is 0.101. The monoisotopic (exact) mass is 1250 g/mol. The fourth-order valence-corrected chi connectivity index (χ4v) is 14.0. The van der Waals surface area contributed by atoms with Crippen molar-refractivity contribution in [3.63, 3.8) is 0 Å². The number of fused-ring (bicyclic) bond motifs is 16. The molecule has 18 rings (SSSR count). The molecule has 98 heavy (non-hydrogen) atoms. The van der Waals surface area contributed by atoms with Gasteiger partial charge in [-0.3, -0.25) is 0 Å². The van der Waals surface area contributed by atoms with Gasteiger partial charge in [-0.1, -0.05) is 206 Å². The van der Waals surface area contributed by atoms with E-state index in [2.05, 4.69) is 287 Å². The number of H-pyrrole nitrogens is 4. The van der Waals surface area contributed by atoms with Crippen LogP contribution in [0.1, 0.15) is 45.6 Å². The molecule has 16 bridgehead atoms. The number of hydrogen-bond acceptors (Lipinski definition) is 6. The summed E-state index contributed by atoms with van der Waals surface area (Å²) in [6.07, 6.45) is 17.0. The first-order chi connectivity index (χ1) is 48.5. The van der Waals surface area contributed by atoms with Crippen molar-refractivity contribution in [2.75, 3.05) is 0 Å². The Morgan fingerprint density at radius 2 is 0.316 bits per heavy atom. The number of benzene rings is 8. The summed E-state index contributed by atoms with van der Waals surface area (Å²) >= 11 is 0. The summed E-state index contributed by atoms with van der Waals surface area (Å²) in [6, 6.07) is 96.7. The molecule has 14 aromatic rings. The molecule has 4 N–H and O–H groups in total. The Hall–Kier alpha value is -13.4. The number of azo groups is 1. The van der Waals surface area contributed by atoms with Crippen LogP contribution in [0, 0.1) is 0 Å². The third-order valence-corrected chi connectivity index (χ3v) is 18.5. The molecule has 0 saturated carbocycles. The van der Waals surface area contributed by atoms with Crippen molar-refractivity contribution < 1.29 is 0 Å². The molecule has 0 saturated heterocycles. The Labute approximate surface area is 564 Å². The molecule has 10 heteroatoms. The zero-order chi connectivity index (χ0) is 64.9. The van der Waals surface area contributed by atoms with Gasteiger partial charge in [0.1, 0.15) is 0 Å². The molecule has 6 aromatic heterocycles. The summed E-state index contributed by atoms with van der Waals surface area (Å²) in [5.41, 5.74) is 31.8. The fraction of sp³-hybridized carbons (Fsp3) is 0. The van der Waals surface area contributed by atoms with Crippen molar-refractivity contribution in [1.29, 1.82) is 0 Å². The minimum Gasteiger partial charge on any atom is -0.354 e. The highest BCUT2D eigenvalue weighted by Gasteiger charge is 2.22. The number of rotatable bonds is 10. The van der Waals surface area contributed by atoms with Gasteiger partial charge in [0.05, 0.1) is 56.9 Å². The molecule has 0 spiro atoms. The second-order valence-corrected chi connectivity index (χ2v) is 24.5. The third-order valence-electron chi connectivity index (χ3n) is 18.5. The molecule has 460 valence electrons. The van der Waals surface area contributed by atoms with Crippen LogP contribution >= 0.6 is 0 Å². The number of nitrogens with zero attached hydrogens (tertiary/aromatic N) is 6. The minimum absolute atomic E-state index is 0.701.